The summed E-state index contributed by atoms with van der Waals surface area (Å²) in [5, 5.41) is 6.88. The summed E-state index contributed by atoms with van der Waals surface area (Å²) in [6.45, 7) is 10.7. The number of nitrogens with zero attached hydrogens (tertiary/aromatic N) is 2. The molecule has 27 heavy (non-hydrogen) atoms. The first-order valence-corrected chi connectivity index (χ1v) is 9.96. The first-order valence-electron chi connectivity index (χ1n) is 9.08. The number of hydrogen-bond donors (Lipinski definition) is 1. The Morgan fingerprint density at radius 3 is 2.19 bits per heavy atom. The van der Waals surface area contributed by atoms with Gasteiger partial charge in [-0.25, -0.2) is 9.97 Å². The molecule has 136 valence electrons. The molecule has 4 rings (SSSR count). The highest BCUT2D eigenvalue weighted by atomic mass is 32.1. The smallest absolute Gasteiger partial charge is 0.143 e. The van der Waals surface area contributed by atoms with Gasteiger partial charge in [0.1, 0.15) is 17.0 Å². The van der Waals surface area contributed by atoms with Crippen LogP contribution in [0, 0.1) is 34.6 Å². The van der Waals surface area contributed by atoms with Crippen LogP contribution in [0.3, 0.4) is 0 Å². The number of thiophene rings is 1. The fourth-order valence-corrected chi connectivity index (χ4v) is 4.69. The van der Waals surface area contributed by atoms with Crippen LogP contribution in [0.5, 0.6) is 0 Å². The zero-order valence-electron chi connectivity index (χ0n) is 16.3. The molecule has 0 bridgehead atoms. The highest BCUT2D eigenvalue weighted by Crippen LogP contribution is 2.39. The van der Waals surface area contributed by atoms with Gasteiger partial charge in [0.05, 0.1) is 5.39 Å². The summed E-state index contributed by atoms with van der Waals surface area (Å²) in [4.78, 5) is 10.1. The van der Waals surface area contributed by atoms with E-state index in [4.69, 9.17) is 0 Å². The molecule has 0 aliphatic heterocycles. The third-order valence-corrected chi connectivity index (χ3v) is 5.85. The minimum atomic E-state index is 0.867. The number of nitrogens with one attached hydrogen (secondary N) is 1. The zero-order chi connectivity index (χ0) is 19.1. The molecule has 4 heteroatoms. The SMILES string of the molecule is Cc1ccc(-c2csc3ncnc(Nc4c(C)cc(C)cc4C)c23)c(C)c1. The van der Waals surface area contributed by atoms with E-state index in [9.17, 15) is 0 Å². The van der Waals surface area contributed by atoms with Crippen molar-refractivity contribution in [1.82, 2.24) is 9.97 Å². The molecule has 0 saturated carbocycles. The number of benzene rings is 2. The molecule has 0 fully saturated rings. The van der Waals surface area contributed by atoms with Crippen molar-refractivity contribution in [1.29, 1.82) is 0 Å². The summed E-state index contributed by atoms with van der Waals surface area (Å²) in [5.74, 6) is 0.867. The van der Waals surface area contributed by atoms with E-state index < -0.39 is 0 Å². The highest BCUT2D eigenvalue weighted by Gasteiger charge is 2.16. The van der Waals surface area contributed by atoms with Crippen LogP contribution >= 0.6 is 11.3 Å². The molecule has 0 unspecified atom stereocenters. The number of anilines is 2. The van der Waals surface area contributed by atoms with E-state index in [0.29, 0.717) is 0 Å². The molecule has 0 saturated heterocycles. The lowest BCUT2D eigenvalue weighted by atomic mass is 9.99. The van der Waals surface area contributed by atoms with E-state index in [1.165, 1.54) is 38.9 Å². The summed E-state index contributed by atoms with van der Waals surface area (Å²) in [6.07, 6.45) is 1.64. The molecule has 3 nitrogen and oxygen atoms in total. The molecule has 0 spiro atoms. The lowest BCUT2D eigenvalue weighted by molar-refractivity contribution is 1.22. The summed E-state index contributed by atoms with van der Waals surface area (Å²) >= 11 is 1.67. The van der Waals surface area contributed by atoms with E-state index >= 15 is 0 Å². The van der Waals surface area contributed by atoms with Crippen molar-refractivity contribution in [3.63, 3.8) is 0 Å². The van der Waals surface area contributed by atoms with Crippen molar-refractivity contribution in [3.8, 4) is 11.1 Å². The van der Waals surface area contributed by atoms with Gasteiger partial charge in [0, 0.05) is 16.6 Å². The van der Waals surface area contributed by atoms with Gasteiger partial charge in [0.15, 0.2) is 0 Å². The van der Waals surface area contributed by atoms with E-state index in [0.717, 1.165) is 21.7 Å². The Bertz CT molecular complexity index is 1130. The standard InChI is InChI=1S/C23H23N3S/c1-13-6-7-18(15(3)8-13)19-11-27-23-20(19)22(24-12-25-23)26-21-16(4)9-14(2)10-17(21)5/h6-12H,1-5H3,(H,24,25,26). The molecule has 0 radical (unpaired) electrons. The fraction of sp³-hybridized carbons (Fsp3) is 0.217. The second-order valence-corrected chi connectivity index (χ2v) is 8.13. The number of aryl methyl sites for hydroxylation is 5. The van der Waals surface area contributed by atoms with Crippen molar-refractivity contribution in [3.05, 3.63) is 69.9 Å². The van der Waals surface area contributed by atoms with Crippen LogP contribution in [0.4, 0.5) is 11.5 Å². The quantitative estimate of drug-likeness (QED) is 0.437. The van der Waals surface area contributed by atoms with Gasteiger partial charge in [-0.2, -0.15) is 0 Å². The van der Waals surface area contributed by atoms with Gasteiger partial charge in [-0.15, -0.1) is 11.3 Å². The molecule has 2 heterocycles. The van der Waals surface area contributed by atoms with Gasteiger partial charge < -0.3 is 5.32 Å². The van der Waals surface area contributed by atoms with Crippen molar-refractivity contribution in [2.45, 2.75) is 34.6 Å². The summed E-state index contributed by atoms with van der Waals surface area (Å²) in [5.41, 5.74) is 9.82. The molecule has 0 amide bonds. The Morgan fingerprint density at radius 2 is 1.48 bits per heavy atom. The zero-order valence-corrected chi connectivity index (χ0v) is 17.2. The third-order valence-electron chi connectivity index (χ3n) is 4.96. The Kier molecular flexibility index (Phi) is 4.44. The van der Waals surface area contributed by atoms with Crippen molar-refractivity contribution >= 4 is 33.1 Å². The maximum absolute atomic E-state index is 4.60. The van der Waals surface area contributed by atoms with Crippen molar-refractivity contribution in [2.75, 3.05) is 5.32 Å². The molecule has 0 aliphatic rings. The van der Waals surface area contributed by atoms with Crippen molar-refractivity contribution < 1.29 is 0 Å². The second-order valence-electron chi connectivity index (χ2n) is 7.27. The summed E-state index contributed by atoms with van der Waals surface area (Å²) in [6, 6.07) is 11.0. The minimum Gasteiger partial charge on any atom is -0.339 e. The molecular weight excluding hydrogens is 350 g/mol. The van der Waals surface area contributed by atoms with Crippen LogP contribution in [0.1, 0.15) is 27.8 Å². The molecule has 4 aromatic rings. The van der Waals surface area contributed by atoms with Gasteiger partial charge in [-0.05, 0) is 56.9 Å². The van der Waals surface area contributed by atoms with Crippen LogP contribution in [0.2, 0.25) is 0 Å². The monoisotopic (exact) mass is 373 g/mol. The Labute approximate surface area is 164 Å². The summed E-state index contributed by atoms with van der Waals surface area (Å²) in [7, 11) is 0. The minimum absolute atomic E-state index is 0.867. The van der Waals surface area contributed by atoms with Gasteiger partial charge >= 0.3 is 0 Å². The van der Waals surface area contributed by atoms with Gasteiger partial charge in [-0.1, -0.05) is 41.5 Å². The number of rotatable bonds is 3. The largest absolute Gasteiger partial charge is 0.339 e. The molecular formula is C23H23N3S. The van der Waals surface area contributed by atoms with Crippen LogP contribution in [0.25, 0.3) is 21.3 Å². The average Bonchev–Trinajstić information content (AvgIpc) is 3.03. The first kappa shape index (κ1) is 17.7. The van der Waals surface area contributed by atoms with Crippen LogP contribution < -0.4 is 5.32 Å². The lowest BCUT2D eigenvalue weighted by Gasteiger charge is -2.15. The van der Waals surface area contributed by atoms with Crippen LogP contribution in [-0.4, -0.2) is 9.97 Å². The maximum Gasteiger partial charge on any atom is 0.143 e. The van der Waals surface area contributed by atoms with Gasteiger partial charge in [-0.3, -0.25) is 0 Å². The number of aromatic nitrogens is 2. The molecule has 1 N–H and O–H groups in total. The number of fused-ring (bicyclic) bond motifs is 1. The third kappa shape index (κ3) is 3.21. The average molecular weight is 374 g/mol. The predicted octanol–water partition coefficient (Wildman–Crippen LogP) is 6.64. The van der Waals surface area contributed by atoms with E-state index in [1.54, 1.807) is 17.7 Å². The van der Waals surface area contributed by atoms with E-state index in [-0.39, 0.29) is 0 Å². The fourth-order valence-electron chi connectivity index (χ4n) is 3.78. The molecule has 2 aromatic heterocycles. The van der Waals surface area contributed by atoms with Crippen LogP contribution in [0.15, 0.2) is 42.0 Å². The predicted molar refractivity (Wildman–Crippen MR) is 116 cm³/mol. The van der Waals surface area contributed by atoms with E-state index in [2.05, 4.69) is 85.6 Å². The second kappa shape index (κ2) is 6.78. The Morgan fingerprint density at radius 1 is 0.778 bits per heavy atom. The maximum atomic E-state index is 4.60. The summed E-state index contributed by atoms with van der Waals surface area (Å²) < 4.78 is 0. The Hall–Kier alpha value is -2.72. The van der Waals surface area contributed by atoms with Crippen molar-refractivity contribution in [2.24, 2.45) is 0 Å². The first-order chi connectivity index (χ1) is 12.9. The van der Waals surface area contributed by atoms with Gasteiger partial charge in [0.25, 0.3) is 0 Å². The van der Waals surface area contributed by atoms with Gasteiger partial charge in [0.2, 0.25) is 0 Å². The normalized spacial score (nSPS) is 11.1. The molecule has 0 aliphatic carbocycles. The van der Waals surface area contributed by atoms with Crippen LogP contribution in [-0.2, 0) is 0 Å². The number of hydrogen-bond acceptors (Lipinski definition) is 4. The Balaban J connectivity index is 1.89. The molecule has 0 atom stereocenters. The molecule has 2 aromatic carbocycles. The highest BCUT2D eigenvalue weighted by molar-refractivity contribution is 7.17. The lowest BCUT2D eigenvalue weighted by Crippen LogP contribution is -2.00. The topological polar surface area (TPSA) is 37.8 Å². The van der Waals surface area contributed by atoms with E-state index in [1.807, 2.05) is 0 Å².